The molecular weight excluding hydrogens is 204 g/mol. The van der Waals surface area contributed by atoms with Crippen LogP contribution in [0.25, 0.3) is 11.0 Å². The number of H-pyrrole nitrogens is 1. The number of para-hydroxylation sites is 2. The molecule has 0 atom stereocenters. The Kier molecular flexibility index (Phi) is 2.81. The molecule has 0 aliphatic heterocycles. The molecule has 0 saturated heterocycles. The third kappa shape index (κ3) is 2.00. The first-order chi connectivity index (χ1) is 7.70. The number of carbonyl (C=O) groups is 1. The van der Waals surface area contributed by atoms with Crippen LogP contribution in [0.15, 0.2) is 29.1 Å². The summed E-state index contributed by atoms with van der Waals surface area (Å²) in [7, 11) is 0. The number of aromatic amines is 1. The van der Waals surface area contributed by atoms with E-state index in [-0.39, 0.29) is 17.8 Å². The zero-order chi connectivity index (χ0) is 11.5. The monoisotopic (exact) mass is 216 g/mol. The van der Waals surface area contributed by atoms with Crippen LogP contribution in [-0.4, -0.2) is 15.8 Å². The molecule has 0 spiro atoms. The molecule has 0 fully saturated rings. The van der Waals surface area contributed by atoms with Crippen molar-refractivity contribution in [2.75, 3.05) is 0 Å². The van der Waals surface area contributed by atoms with Gasteiger partial charge in [0.05, 0.1) is 17.5 Å². The van der Waals surface area contributed by atoms with E-state index in [1.165, 1.54) is 0 Å². The molecule has 1 heterocycles. The first-order valence-corrected chi connectivity index (χ1v) is 5.20. The van der Waals surface area contributed by atoms with Crippen molar-refractivity contribution in [1.82, 2.24) is 9.97 Å². The molecule has 1 aromatic carbocycles. The van der Waals surface area contributed by atoms with Crippen molar-refractivity contribution in [3.05, 3.63) is 40.3 Å². The quantitative estimate of drug-likeness (QED) is 0.844. The summed E-state index contributed by atoms with van der Waals surface area (Å²) in [6.07, 6.45) is 0.532. The number of Topliss-reactive ketones (excluding diaryl/α,β-unsaturated/α-hetero) is 1. The SMILES string of the molecule is CCC(=O)Cc1nc2ccccc2[nH]c1=O. The molecule has 0 radical (unpaired) electrons. The minimum Gasteiger partial charge on any atom is -0.319 e. The number of rotatable bonds is 3. The number of nitrogens with one attached hydrogen (secondary N) is 1. The molecule has 0 amide bonds. The molecule has 0 bridgehead atoms. The lowest BCUT2D eigenvalue weighted by molar-refractivity contribution is -0.118. The standard InChI is InChI=1S/C12H12N2O2/c1-2-8(15)7-11-12(16)14-10-6-4-3-5-9(10)13-11/h3-6H,2,7H2,1H3,(H,14,16). The van der Waals surface area contributed by atoms with E-state index >= 15 is 0 Å². The molecule has 82 valence electrons. The number of aromatic nitrogens is 2. The van der Waals surface area contributed by atoms with E-state index in [0.717, 1.165) is 0 Å². The van der Waals surface area contributed by atoms with E-state index in [9.17, 15) is 9.59 Å². The molecule has 0 aliphatic carbocycles. The highest BCUT2D eigenvalue weighted by Crippen LogP contribution is 2.06. The predicted octanol–water partition coefficient (Wildman–Crippen LogP) is 1.44. The van der Waals surface area contributed by atoms with Crippen LogP contribution >= 0.6 is 0 Å². The molecule has 0 saturated carbocycles. The fraction of sp³-hybridized carbons (Fsp3) is 0.250. The van der Waals surface area contributed by atoms with Gasteiger partial charge < -0.3 is 4.98 Å². The fourth-order valence-electron chi connectivity index (χ4n) is 1.50. The Balaban J connectivity index is 2.50. The highest BCUT2D eigenvalue weighted by molar-refractivity contribution is 5.81. The Hall–Kier alpha value is -1.97. The van der Waals surface area contributed by atoms with Crippen molar-refractivity contribution in [2.24, 2.45) is 0 Å². The molecular formula is C12H12N2O2. The van der Waals surface area contributed by atoms with Crippen molar-refractivity contribution in [3.63, 3.8) is 0 Å². The maximum absolute atomic E-state index is 11.6. The van der Waals surface area contributed by atoms with Crippen LogP contribution in [-0.2, 0) is 11.2 Å². The van der Waals surface area contributed by atoms with Gasteiger partial charge in [0.2, 0.25) is 0 Å². The highest BCUT2D eigenvalue weighted by Gasteiger charge is 2.08. The Labute approximate surface area is 92.3 Å². The number of hydrogen-bond donors (Lipinski definition) is 1. The molecule has 2 aromatic rings. The van der Waals surface area contributed by atoms with Gasteiger partial charge in [-0.05, 0) is 12.1 Å². The Morgan fingerprint density at radius 1 is 1.38 bits per heavy atom. The second-order valence-electron chi connectivity index (χ2n) is 3.60. The average Bonchev–Trinajstić information content (AvgIpc) is 2.30. The van der Waals surface area contributed by atoms with Gasteiger partial charge in [0.25, 0.3) is 5.56 Å². The zero-order valence-electron chi connectivity index (χ0n) is 8.99. The maximum Gasteiger partial charge on any atom is 0.270 e. The topological polar surface area (TPSA) is 62.8 Å². The van der Waals surface area contributed by atoms with Crippen LogP contribution in [0.2, 0.25) is 0 Å². The maximum atomic E-state index is 11.6. The molecule has 0 aliphatic rings. The lowest BCUT2D eigenvalue weighted by atomic mass is 10.2. The van der Waals surface area contributed by atoms with Gasteiger partial charge in [-0.2, -0.15) is 0 Å². The van der Waals surface area contributed by atoms with Crippen LogP contribution in [0.3, 0.4) is 0 Å². The van der Waals surface area contributed by atoms with Gasteiger partial charge in [-0.25, -0.2) is 4.98 Å². The molecule has 1 aromatic heterocycles. The van der Waals surface area contributed by atoms with Crippen LogP contribution in [0.4, 0.5) is 0 Å². The van der Waals surface area contributed by atoms with Crippen LogP contribution in [0.1, 0.15) is 19.0 Å². The number of fused-ring (bicyclic) bond motifs is 1. The average molecular weight is 216 g/mol. The number of nitrogens with zero attached hydrogens (tertiary/aromatic N) is 1. The van der Waals surface area contributed by atoms with Crippen molar-refractivity contribution in [3.8, 4) is 0 Å². The van der Waals surface area contributed by atoms with E-state index in [2.05, 4.69) is 9.97 Å². The summed E-state index contributed by atoms with van der Waals surface area (Å²) in [6.45, 7) is 1.78. The summed E-state index contributed by atoms with van der Waals surface area (Å²) < 4.78 is 0. The zero-order valence-corrected chi connectivity index (χ0v) is 8.99. The Bertz CT molecular complexity index is 587. The Morgan fingerprint density at radius 3 is 2.88 bits per heavy atom. The predicted molar refractivity (Wildman–Crippen MR) is 61.4 cm³/mol. The lowest BCUT2D eigenvalue weighted by Gasteiger charge is -2.00. The minimum absolute atomic E-state index is 0.0216. The molecule has 4 heteroatoms. The van der Waals surface area contributed by atoms with E-state index in [0.29, 0.717) is 23.1 Å². The molecule has 1 N–H and O–H groups in total. The third-order valence-corrected chi connectivity index (χ3v) is 2.43. The fourth-order valence-corrected chi connectivity index (χ4v) is 1.50. The minimum atomic E-state index is -0.277. The first-order valence-electron chi connectivity index (χ1n) is 5.20. The number of ketones is 1. The van der Waals surface area contributed by atoms with Crippen molar-refractivity contribution >= 4 is 16.8 Å². The van der Waals surface area contributed by atoms with Crippen LogP contribution in [0, 0.1) is 0 Å². The number of hydrogen-bond acceptors (Lipinski definition) is 3. The van der Waals surface area contributed by atoms with E-state index in [4.69, 9.17) is 0 Å². The lowest BCUT2D eigenvalue weighted by Crippen LogP contribution is -2.18. The van der Waals surface area contributed by atoms with E-state index < -0.39 is 0 Å². The summed E-state index contributed by atoms with van der Waals surface area (Å²) in [5.41, 5.74) is 1.42. The third-order valence-electron chi connectivity index (χ3n) is 2.43. The van der Waals surface area contributed by atoms with Crippen molar-refractivity contribution < 1.29 is 4.79 Å². The second kappa shape index (κ2) is 4.26. The summed E-state index contributed by atoms with van der Waals surface area (Å²) in [4.78, 5) is 29.8. The van der Waals surface area contributed by atoms with E-state index in [1.54, 1.807) is 13.0 Å². The summed E-state index contributed by atoms with van der Waals surface area (Å²) in [6, 6.07) is 7.27. The number of carbonyl (C=O) groups excluding carboxylic acids is 1. The van der Waals surface area contributed by atoms with Gasteiger partial charge in [-0.15, -0.1) is 0 Å². The molecule has 4 nitrogen and oxygen atoms in total. The van der Waals surface area contributed by atoms with Crippen molar-refractivity contribution in [1.29, 1.82) is 0 Å². The first kappa shape index (κ1) is 10.5. The van der Waals surface area contributed by atoms with Gasteiger partial charge in [0, 0.05) is 6.42 Å². The van der Waals surface area contributed by atoms with Gasteiger partial charge in [0.15, 0.2) is 0 Å². The summed E-state index contributed by atoms with van der Waals surface area (Å²) in [5.74, 6) is 0.0216. The van der Waals surface area contributed by atoms with Gasteiger partial charge in [-0.1, -0.05) is 19.1 Å². The van der Waals surface area contributed by atoms with Crippen molar-refractivity contribution in [2.45, 2.75) is 19.8 Å². The van der Waals surface area contributed by atoms with E-state index in [1.807, 2.05) is 18.2 Å². The van der Waals surface area contributed by atoms with Gasteiger partial charge in [-0.3, -0.25) is 9.59 Å². The molecule has 16 heavy (non-hydrogen) atoms. The molecule has 0 unspecified atom stereocenters. The summed E-state index contributed by atoms with van der Waals surface area (Å²) in [5, 5.41) is 0. The normalized spacial score (nSPS) is 10.6. The number of benzene rings is 1. The second-order valence-corrected chi connectivity index (χ2v) is 3.60. The van der Waals surface area contributed by atoms with Crippen LogP contribution < -0.4 is 5.56 Å². The highest BCUT2D eigenvalue weighted by atomic mass is 16.1. The largest absolute Gasteiger partial charge is 0.319 e. The smallest absolute Gasteiger partial charge is 0.270 e. The summed E-state index contributed by atoms with van der Waals surface area (Å²) >= 11 is 0. The van der Waals surface area contributed by atoms with Gasteiger partial charge in [0.1, 0.15) is 11.5 Å². The van der Waals surface area contributed by atoms with Gasteiger partial charge >= 0.3 is 0 Å². The molecule has 2 rings (SSSR count). The Morgan fingerprint density at radius 2 is 2.12 bits per heavy atom. The van der Waals surface area contributed by atoms with Crippen LogP contribution in [0.5, 0.6) is 0 Å².